The Bertz CT molecular complexity index is 174. The number of unbranched alkanes of at least 4 members (excludes halogenated alkanes) is 1. The summed E-state index contributed by atoms with van der Waals surface area (Å²) < 4.78 is 15.8. The monoisotopic (exact) mass is 261 g/mol. The van der Waals surface area contributed by atoms with Crippen LogP contribution in [0.2, 0.25) is 0 Å². The fraction of sp³-hybridized carbons (Fsp3) is 1.00. The highest BCUT2D eigenvalue weighted by molar-refractivity contribution is 4.68. The maximum Gasteiger partial charge on any atom is 0.0700 e. The predicted molar refractivity (Wildman–Crippen MR) is 74.8 cm³/mol. The average Bonchev–Trinajstić information content (AvgIpc) is 2.36. The molecule has 0 aliphatic heterocycles. The molecule has 0 aliphatic rings. The van der Waals surface area contributed by atoms with E-state index < -0.39 is 0 Å². The highest BCUT2D eigenvalue weighted by Gasteiger charge is 2.14. The Morgan fingerprint density at radius 3 is 2.06 bits per heavy atom. The summed E-state index contributed by atoms with van der Waals surface area (Å²) >= 11 is 0. The predicted octanol–water partition coefficient (Wildman–Crippen LogP) is 2.21. The van der Waals surface area contributed by atoms with Crippen molar-refractivity contribution in [2.24, 2.45) is 11.1 Å². The maximum absolute atomic E-state index is 5.68. The van der Waals surface area contributed by atoms with Gasteiger partial charge in [0.25, 0.3) is 0 Å². The quantitative estimate of drug-likeness (QED) is 0.516. The second kappa shape index (κ2) is 11.9. The molecule has 0 aromatic carbocycles. The van der Waals surface area contributed by atoms with Gasteiger partial charge >= 0.3 is 0 Å². The molecular weight excluding hydrogens is 230 g/mol. The molecule has 0 aromatic rings. The van der Waals surface area contributed by atoms with E-state index in [9.17, 15) is 0 Å². The zero-order chi connectivity index (χ0) is 13.7. The molecule has 0 saturated carbocycles. The minimum Gasteiger partial charge on any atom is -0.382 e. The topological polar surface area (TPSA) is 53.7 Å². The third-order valence-electron chi connectivity index (χ3n) is 2.95. The fourth-order valence-corrected chi connectivity index (χ4v) is 1.52. The molecule has 0 fully saturated rings. The van der Waals surface area contributed by atoms with Crippen LogP contribution in [0.4, 0.5) is 0 Å². The summed E-state index contributed by atoms with van der Waals surface area (Å²) in [6, 6.07) is 0. The molecule has 110 valence electrons. The first kappa shape index (κ1) is 17.8. The van der Waals surface area contributed by atoms with Crippen molar-refractivity contribution in [1.29, 1.82) is 0 Å². The molecule has 4 nitrogen and oxygen atoms in total. The molecule has 0 heterocycles. The number of ether oxygens (including phenoxy) is 3. The molecule has 18 heavy (non-hydrogen) atoms. The van der Waals surface area contributed by atoms with Gasteiger partial charge in [-0.25, -0.2) is 0 Å². The summed E-state index contributed by atoms with van der Waals surface area (Å²) in [6.45, 7) is 8.90. The van der Waals surface area contributed by atoms with Crippen molar-refractivity contribution >= 4 is 0 Å². The Labute approximate surface area is 112 Å². The fourth-order valence-electron chi connectivity index (χ4n) is 1.52. The third kappa shape index (κ3) is 12.3. The zero-order valence-electron chi connectivity index (χ0n) is 12.4. The van der Waals surface area contributed by atoms with E-state index in [0.717, 1.165) is 39.2 Å². The second-order valence-electron chi connectivity index (χ2n) is 5.40. The molecule has 0 saturated heterocycles. The van der Waals surface area contributed by atoms with E-state index in [2.05, 4.69) is 13.8 Å². The Balaban J connectivity index is 3.08. The molecule has 0 aromatic heterocycles. The molecular formula is C14H31NO3. The normalized spacial score (nSPS) is 12.0. The largest absolute Gasteiger partial charge is 0.382 e. The number of hydrogen-bond donors (Lipinski definition) is 1. The van der Waals surface area contributed by atoms with Crippen LogP contribution in [0.5, 0.6) is 0 Å². The smallest absolute Gasteiger partial charge is 0.0700 e. The van der Waals surface area contributed by atoms with Crippen molar-refractivity contribution in [1.82, 2.24) is 0 Å². The lowest BCUT2D eigenvalue weighted by molar-refractivity contribution is 0.0505. The number of methoxy groups -OCH3 is 1. The Kier molecular flexibility index (Phi) is 11.8. The maximum atomic E-state index is 5.68. The summed E-state index contributed by atoms with van der Waals surface area (Å²) in [5, 5.41) is 0. The minimum absolute atomic E-state index is 0.273. The van der Waals surface area contributed by atoms with E-state index in [1.54, 1.807) is 7.11 Å². The number of rotatable bonds is 13. The van der Waals surface area contributed by atoms with E-state index in [0.29, 0.717) is 13.2 Å². The summed E-state index contributed by atoms with van der Waals surface area (Å²) in [5.74, 6) is 0. The first-order valence-corrected chi connectivity index (χ1v) is 6.97. The standard InChI is InChI=1S/C14H31NO3/c1-14(2,13-15)7-4-5-8-17-9-6-10-18-12-11-16-3/h4-13,15H2,1-3H3. The minimum atomic E-state index is 0.273. The van der Waals surface area contributed by atoms with Gasteiger partial charge in [0, 0.05) is 26.9 Å². The summed E-state index contributed by atoms with van der Waals surface area (Å²) in [7, 11) is 1.68. The Morgan fingerprint density at radius 1 is 0.833 bits per heavy atom. The van der Waals surface area contributed by atoms with Crippen molar-refractivity contribution in [3.8, 4) is 0 Å². The van der Waals surface area contributed by atoms with Gasteiger partial charge in [-0.2, -0.15) is 0 Å². The van der Waals surface area contributed by atoms with Crippen molar-refractivity contribution in [2.75, 3.05) is 46.7 Å². The highest BCUT2D eigenvalue weighted by Crippen LogP contribution is 2.20. The second-order valence-corrected chi connectivity index (χ2v) is 5.40. The highest BCUT2D eigenvalue weighted by atomic mass is 16.5. The van der Waals surface area contributed by atoms with Gasteiger partial charge in [-0.15, -0.1) is 0 Å². The van der Waals surface area contributed by atoms with Crippen molar-refractivity contribution in [3.63, 3.8) is 0 Å². The number of hydrogen-bond acceptors (Lipinski definition) is 4. The van der Waals surface area contributed by atoms with E-state index in [1.165, 1.54) is 12.8 Å². The summed E-state index contributed by atoms with van der Waals surface area (Å²) in [5.41, 5.74) is 5.96. The van der Waals surface area contributed by atoms with Crippen molar-refractivity contribution < 1.29 is 14.2 Å². The van der Waals surface area contributed by atoms with Gasteiger partial charge in [0.1, 0.15) is 0 Å². The summed E-state index contributed by atoms with van der Waals surface area (Å²) in [6.07, 6.45) is 4.44. The van der Waals surface area contributed by atoms with Crippen LogP contribution in [-0.2, 0) is 14.2 Å². The van der Waals surface area contributed by atoms with Gasteiger partial charge in [-0.3, -0.25) is 0 Å². The molecule has 2 N–H and O–H groups in total. The molecule has 0 spiro atoms. The third-order valence-corrected chi connectivity index (χ3v) is 2.95. The van der Waals surface area contributed by atoms with Crippen LogP contribution in [0.3, 0.4) is 0 Å². The Morgan fingerprint density at radius 2 is 1.44 bits per heavy atom. The van der Waals surface area contributed by atoms with Gasteiger partial charge in [-0.05, 0) is 31.2 Å². The van der Waals surface area contributed by atoms with Gasteiger partial charge in [0.15, 0.2) is 0 Å². The molecule has 0 amide bonds. The van der Waals surface area contributed by atoms with E-state index in [-0.39, 0.29) is 5.41 Å². The van der Waals surface area contributed by atoms with E-state index in [1.807, 2.05) is 0 Å². The first-order chi connectivity index (χ1) is 8.62. The molecule has 0 bridgehead atoms. The summed E-state index contributed by atoms with van der Waals surface area (Å²) in [4.78, 5) is 0. The average molecular weight is 261 g/mol. The van der Waals surface area contributed by atoms with Crippen LogP contribution in [0.25, 0.3) is 0 Å². The lowest BCUT2D eigenvalue weighted by atomic mass is 9.87. The van der Waals surface area contributed by atoms with Gasteiger partial charge in [-0.1, -0.05) is 20.3 Å². The molecule has 0 unspecified atom stereocenters. The van der Waals surface area contributed by atoms with Crippen LogP contribution in [0.15, 0.2) is 0 Å². The van der Waals surface area contributed by atoms with Gasteiger partial charge in [0.2, 0.25) is 0 Å². The SMILES string of the molecule is COCCOCCCOCCCCC(C)(C)CN. The zero-order valence-corrected chi connectivity index (χ0v) is 12.4. The first-order valence-electron chi connectivity index (χ1n) is 6.97. The molecule has 0 atom stereocenters. The van der Waals surface area contributed by atoms with E-state index >= 15 is 0 Å². The van der Waals surface area contributed by atoms with Crippen molar-refractivity contribution in [2.45, 2.75) is 39.5 Å². The number of nitrogens with two attached hydrogens (primary N) is 1. The van der Waals surface area contributed by atoms with Crippen LogP contribution >= 0.6 is 0 Å². The molecule has 4 heteroatoms. The van der Waals surface area contributed by atoms with Crippen molar-refractivity contribution in [3.05, 3.63) is 0 Å². The van der Waals surface area contributed by atoms with Gasteiger partial charge < -0.3 is 19.9 Å². The lowest BCUT2D eigenvalue weighted by Gasteiger charge is -2.21. The van der Waals surface area contributed by atoms with Crippen LogP contribution < -0.4 is 5.73 Å². The van der Waals surface area contributed by atoms with Crippen LogP contribution in [-0.4, -0.2) is 46.7 Å². The van der Waals surface area contributed by atoms with Gasteiger partial charge in [0.05, 0.1) is 13.2 Å². The van der Waals surface area contributed by atoms with E-state index in [4.69, 9.17) is 19.9 Å². The van der Waals surface area contributed by atoms with Crippen LogP contribution in [0, 0.1) is 5.41 Å². The molecule has 0 rings (SSSR count). The lowest BCUT2D eigenvalue weighted by Crippen LogP contribution is -2.23. The Hall–Kier alpha value is -0.160. The molecule has 0 aliphatic carbocycles. The molecule has 0 radical (unpaired) electrons. The van der Waals surface area contributed by atoms with Crippen LogP contribution in [0.1, 0.15) is 39.5 Å².